The van der Waals surface area contributed by atoms with Crippen molar-refractivity contribution in [1.82, 2.24) is 20.7 Å². The standard InChI is InChI=1S/C18H25N5O/c1-12(2)23(3)17-7-5-4-6-14(17)11-19-18(24)13-8-9-15-16(10-13)21-22-20-15/h4-7,12-13H,8-11H2,1-3H3,(H,19,24)(H,20,21,22)/t13-/m1/s1. The number of aromatic amines is 1. The van der Waals surface area contributed by atoms with Crippen molar-refractivity contribution in [3.63, 3.8) is 0 Å². The molecule has 0 radical (unpaired) electrons. The molecule has 3 rings (SSSR count). The third-order valence-corrected chi connectivity index (χ3v) is 4.84. The van der Waals surface area contributed by atoms with Crippen LogP contribution in [0.2, 0.25) is 0 Å². The maximum atomic E-state index is 12.5. The van der Waals surface area contributed by atoms with Gasteiger partial charge in [0.1, 0.15) is 0 Å². The molecule has 0 unspecified atom stereocenters. The second-order valence-corrected chi connectivity index (χ2v) is 6.71. The highest BCUT2D eigenvalue weighted by Gasteiger charge is 2.27. The van der Waals surface area contributed by atoms with E-state index < -0.39 is 0 Å². The summed E-state index contributed by atoms with van der Waals surface area (Å²) in [7, 11) is 2.08. The zero-order valence-corrected chi connectivity index (χ0v) is 14.5. The van der Waals surface area contributed by atoms with E-state index in [1.54, 1.807) is 0 Å². The molecular weight excluding hydrogens is 302 g/mol. The Morgan fingerprint density at radius 2 is 2.08 bits per heavy atom. The van der Waals surface area contributed by atoms with Crippen molar-refractivity contribution in [2.75, 3.05) is 11.9 Å². The smallest absolute Gasteiger partial charge is 0.223 e. The number of hydrogen-bond acceptors (Lipinski definition) is 4. The van der Waals surface area contributed by atoms with Gasteiger partial charge in [0.15, 0.2) is 0 Å². The zero-order chi connectivity index (χ0) is 17.1. The van der Waals surface area contributed by atoms with Gasteiger partial charge >= 0.3 is 0 Å². The number of hydrogen-bond donors (Lipinski definition) is 2. The molecule has 24 heavy (non-hydrogen) atoms. The largest absolute Gasteiger partial charge is 0.372 e. The Kier molecular flexibility index (Phi) is 4.83. The summed E-state index contributed by atoms with van der Waals surface area (Å²) < 4.78 is 0. The van der Waals surface area contributed by atoms with Gasteiger partial charge in [-0.25, -0.2) is 0 Å². The average molecular weight is 327 g/mol. The van der Waals surface area contributed by atoms with Crippen LogP contribution in [0.1, 0.15) is 37.2 Å². The molecule has 2 aromatic rings. The molecule has 1 amide bonds. The first-order valence-electron chi connectivity index (χ1n) is 8.53. The summed E-state index contributed by atoms with van der Waals surface area (Å²) in [5.74, 6) is 0.0863. The van der Waals surface area contributed by atoms with Gasteiger partial charge in [0.05, 0.1) is 11.4 Å². The molecule has 0 saturated heterocycles. The van der Waals surface area contributed by atoms with E-state index in [0.29, 0.717) is 19.0 Å². The van der Waals surface area contributed by atoms with Crippen LogP contribution in [0.15, 0.2) is 24.3 Å². The predicted molar refractivity (Wildman–Crippen MR) is 93.7 cm³/mol. The minimum Gasteiger partial charge on any atom is -0.372 e. The van der Waals surface area contributed by atoms with Gasteiger partial charge in [-0.3, -0.25) is 4.79 Å². The summed E-state index contributed by atoms with van der Waals surface area (Å²) in [5.41, 5.74) is 4.24. The Labute approximate surface area is 142 Å². The van der Waals surface area contributed by atoms with Gasteiger partial charge < -0.3 is 10.2 Å². The van der Waals surface area contributed by atoms with E-state index in [2.05, 4.69) is 58.7 Å². The van der Waals surface area contributed by atoms with Crippen LogP contribution < -0.4 is 10.2 Å². The van der Waals surface area contributed by atoms with Gasteiger partial charge in [0.25, 0.3) is 0 Å². The molecule has 0 bridgehead atoms. The number of amides is 1. The number of benzene rings is 1. The molecular formula is C18H25N5O. The molecule has 6 nitrogen and oxygen atoms in total. The van der Waals surface area contributed by atoms with E-state index in [-0.39, 0.29) is 11.8 Å². The van der Waals surface area contributed by atoms with Crippen LogP contribution in [0.25, 0.3) is 0 Å². The highest BCUT2D eigenvalue weighted by atomic mass is 16.1. The summed E-state index contributed by atoms with van der Waals surface area (Å²) in [6.45, 7) is 4.87. The van der Waals surface area contributed by atoms with Crippen molar-refractivity contribution >= 4 is 11.6 Å². The number of carbonyl (C=O) groups is 1. The fraction of sp³-hybridized carbons (Fsp3) is 0.500. The van der Waals surface area contributed by atoms with Crippen LogP contribution in [0.3, 0.4) is 0 Å². The maximum absolute atomic E-state index is 12.5. The number of fused-ring (bicyclic) bond motifs is 1. The molecule has 0 saturated carbocycles. The van der Waals surface area contributed by atoms with Crippen molar-refractivity contribution in [3.05, 3.63) is 41.2 Å². The number of anilines is 1. The van der Waals surface area contributed by atoms with Gasteiger partial charge in [-0.05, 0) is 38.3 Å². The van der Waals surface area contributed by atoms with Crippen molar-refractivity contribution < 1.29 is 4.79 Å². The number of nitrogens with one attached hydrogen (secondary N) is 2. The van der Waals surface area contributed by atoms with Gasteiger partial charge in [0.2, 0.25) is 5.91 Å². The monoisotopic (exact) mass is 327 g/mol. The molecule has 1 aromatic carbocycles. The number of nitrogens with zero attached hydrogens (tertiary/aromatic N) is 3. The molecule has 0 spiro atoms. The number of para-hydroxylation sites is 1. The van der Waals surface area contributed by atoms with Crippen LogP contribution >= 0.6 is 0 Å². The van der Waals surface area contributed by atoms with Gasteiger partial charge in [0, 0.05) is 37.7 Å². The molecule has 2 N–H and O–H groups in total. The van der Waals surface area contributed by atoms with Gasteiger partial charge in [-0.15, -0.1) is 0 Å². The molecule has 128 valence electrons. The molecule has 0 aliphatic heterocycles. The molecule has 1 aliphatic rings. The predicted octanol–water partition coefficient (Wildman–Crippen LogP) is 2.07. The van der Waals surface area contributed by atoms with Crippen LogP contribution in [0, 0.1) is 5.92 Å². The number of aromatic nitrogens is 3. The van der Waals surface area contributed by atoms with E-state index in [1.165, 1.54) is 0 Å². The van der Waals surface area contributed by atoms with E-state index in [0.717, 1.165) is 35.5 Å². The lowest BCUT2D eigenvalue weighted by atomic mass is 9.89. The second-order valence-electron chi connectivity index (χ2n) is 6.71. The quantitative estimate of drug-likeness (QED) is 0.882. The lowest BCUT2D eigenvalue weighted by Gasteiger charge is -2.27. The Morgan fingerprint density at radius 1 is 1.33 bits per heavy atom. The summed E-state index contributed by atoms with van der Waals surface area (Å²) in [5, 5.41) is 14.0. The van der Waals surface area contributed by atoms with Crippen molar-refractivity contribution in [3.8, 4) is 0 Å². The Hall–Kier alpha value is -2.37. The summed E-state index contributed by atoms with van der Waals surface area (Å²) in [6, 6.07) is 8.63. The molecule has 1 atom stereocenters. The minimum atomic E-state index is -0.0161. The van der Waals surface area contributed by atoms with Crippen LogP contribution in [-0.4, -0.2) is 34.4 Å². The average Bonchev–Trinajstić information content (AvgIpc) is 3.06. The van der Waals surface area contributed by atoms with Gasteiger partial charge in [-0.1, -0.05) is 18.2 Å². The SMILES string of the molecule is CC(C)N(C)c1ccccc1CNC(=O)[C@@H]1CCc2n[nH]nc2C1. The third-order valence-electron chi connectivity index (χ3n) is 4.84. The van der Waals surface area contributed by atoms with Crippen molar-refractivity contribution in [2.24, 2.45) is 5.92 Å². The lowest BCUT2D eigenvalue weighted by molar-refractivity contribution is -0.125. The number of rotatable bonds is 5. The van der Waals surface area contributed by atoms with Gasteiger partial charge in [-0.2, -0.15) is 15.4 Å². The first kappa shape index (κ1) is 16.5. The van der Waals surface area contributed by atoms with E-state index in [4.69, 9.17) is 0 Å². The van der Waals surface area contributed by atoms with E-state index >= 15 is 0 Å². The molecule has 6 heteroatoms. The highest BCUT2D eigenvalue weighted by Crippen LogP contribution is 2.24. The molecule has 1 aliphatic carbocycles. The summed E-state index contributed by atoms with van der Waals surface area (Å²) >= 11 is 0. The topological polar surface area (TPSA) is 73.9 Å². The molecule has 1 heterocycles. The fourth-order valence-electron chi connectivity index (χ4n) is 3.12. The summed E-state index contributed by atoms with van der Waals surface area (Å²) in [4.78, 5) is 14.8. The normalized spacial score (nSPS) is 16.8. The second kappa shape index (κ2) is 7.03. The Morgan fingerprint density at radius 3 is 2.88 bits per heavy atom. The third kappa shape index (κ3) is 3.42. The summed E-state index contributed by atoms with van der Waals surface area (Å²) in [6.07, 6.45) is 2.32. The molecule has 1 aromatic heterocycles. The lowest BCUT2D eigenvalue weighted by Crippen LogP contribution is -2.34. The fourth-order valence-corrected chi connectivity index (χ4v) is 3.12. The number of H-pyrrole nitrogens is 1. The van der Waals surface area contributed by atoms with E-state index in [1.807, 2.05) is 12.1 Å². The number of aryl methyl sites for hydroxylation is 1. The van der Waals surface area contributed by atoms with Crippen molar-refractivity contribution in [1.29, 1.82) is 0 Å². The number of carbonyl (C=O) groups excluding carboxylic acids is 1. The van der Waals surface area contributed by atoms with Crippen LogP contribution in [-0.2, 0) is 24.2 Å². The van der Waals surface area contributed by atoms with Crippen LogP contribution in [0.5, 0.6) is 0 Å². The van der Waals surface area contributed by atoms with Crippen molar-refractivity contribution in [2.45, 2.75) is 45.7 Å². The molecule has 0 fully saturated rings. The minimum absolute atomic E-state index is 0.0161. The first-order chi connectivity index (χ1) is 11.6. The first-order valence-corrected chi connectivity index (χ1v) is 8.53. The Balaban J connectivity index is 1.63. The van der Waals surface area contributed by atoms with Crippen LogP contribution in [0.4, 0.5) is 5.69 Å². The highest BCUT2D eigenvalue weighted by molar-refractivity contribution is 5.79. The zero-order valence-electron chi connectivity index (χ0n) is 14.5. The van der Waals surface area contributed by atoms with E-state index in [9.17, 15) is 4.79 Å². The Bertz CT molecular complexity index is 709. The maximum Gasteiger partial charge on any atom is 0.223 e.